The van der Waals surface area contributed by atoms with Crippen molar-refractivity contribution < 1.29 is 38.9 Å². The Morgan fingerprint density at radius 1 is 0.588 bits per heavy atom. The van der Waals surface area contributed by atoms with Gasteiger partial charge in [0.1, 0.15) is 31.2 Å². The molecule has 0 aromatic heterocycles. The van der Waals surface area contributed by atoms with Crippen LogP contribution < -0.4 is 0 Å². The maximum Gasteiger partial charge on any atom is 0.190 e. The zero-order valence-corrected chi connectivity index (χ0v) is 31.4. The third-order valence-corrected chi connectivity index (χ3v) is 18.0. The van der Waals surface area contributed by atoms with E-state index in [-0.39, 0.29) is 52.6 Å². The van der Waals surface area contributed by atoms with Gasteiger partial charge in [0.25, 0.3) is 0 Å². The predicted octanol–water partition coefficient (Wildman–Crippen LogP) is 6.64. The van der Waals surface area contributed by atoms with E-state index in [0.29, 0.717) is 49.4 Å². The number of aliphatic hydroxyl groups is 2. The smallest absolute Gasteiger partial charge is 0.190 e. The molecule has 0 aliphatic heterocycles. The summed E-state index contributed by atoms with van der Waals surface area (Å²) in [6.45, 7) is 7.66. The minimum absolute atomic E-state index is 0.0148. The molecule has 12 unspecified atom stereocenters. The number of allylic oxidation sites excluding steroid dienone is 2. The minimum Gasteiger partial charge on any atom is -0.388 e. The van der Waals surface area contributed by atoms with Crippen LogP contribution in [0.15, 0.2) is 23.3 Å². The Kier molecular flexibility index (Phi) is 8.65. The first-order chi connectivity index (χ1) is 24.2. The van der Waals surface area contributed by atoms with Gasteiger partial charge in [-0.25, -0.2) is 0 Å². The molecule has 0 bridgehead atoms. The van der Waals surface area contributed by atoms with Crippen LogP contribution in [-0.2, 0) is 28.7 Å². The molecule has 2 N–H and O–H groups in total. The van der Waals surface area contributed by atoms with Crippen LogP contribution in [0.2, 0.25) is 0 Å². The van der Waals surface area contributed by atoms with Crippen molar-refractivity contribution in [1.29, 1.82) is 0 Å². The minimum atomic E-state index is -1.21. The number of aliphatic hydroxyl groups excluding tert-OH is 2. The largest absolute Gasteiger partial charge is 0.388 e. The van der Waals surface area contributed by atoms with Crippen molar-refractivity contribution in [3.63, 3.8) is 0 Å². The van der Waals surface area contributed by atoms with Crippen molar-refractivity contribution in [3.8, 4) is 0 Å². The SMILES string of the molecule is CC12CCC(=O)C=C1CCC1C2CCC2(C)C1CCC2(OCOC1(C(=O)CO)CCC2C3CCC4=CC(=O)CCC4(C)C3CCC21C)C(=O)CO. The van der Waals surface area contributed by atoms with E-state index in [1.807, 2.05) is 12.2 Å². The number of ether oxygens (including phenoxy) is 2. The predicted molar refractivity (Wildman–Crippen MR) is 190 cm³/mol. The van der Waals surface area contributed by atoms with Crippen LogP contribution >= 0.6 is 0 Å². The molecular formula is C43H60O8. The highest BCUT2D eigenvalue weighted by molar-refractivity contribution is 5.92. The Hall–Kier alpha value is -2.00. The quantitative estimate of drug-likeness (QED) is 0.269. The lowest BCUT2D eigenvalue weighted by Crippen LogP contribution is -2.61. The monoisotopic (exact) mass is 704 g/mol. The fraction of sp³-hybridized carbons (Fsp3) is 0.814. The lowest BCUT2D eigenvalue weighted by molar-refractivity contribution is -0.247. The van der Waals surface area contributed by atoms with Gasteiger partial charge in [-0.2, -0.15) is 0 Å². The maximum atomic E-state index is 14.0. The van der Waals surface area contributed by atoms with Gasteiger partial charge in [0, 0.05) is 23.7 Å². The Balaban J connectivity index is 1.04. The van der Waals surface area contributed by atoms with E-state index in [0.717, 1.165) is 77.0 Å². The molecular weight excluding hydrogens is 644 g/mol. The summed E-state index contributed by atoms with van der Waals surface area (Å²) in [6.07, 6.45) is 16.9. The first-order valence-corrected chi connectivity index (χ1v) is 20.3. The summed E-state index contributed by atoms with van der Waals surface area (Å²) in [5.74, 6) is 2.14. The molecule has 8 heteroatoms. The molecule has 8 nitrogen and oxygen atoms in total. The number of carbonyl (C=O) groups excluding carboxylic acids is 4. The van der Waals surface area contributed by atoms with E-state index in [2.05, 4.69) is 27.7 Å². The Morgan fingerprint density at radius 2 is 0.980 bits per heavy atom. The van der Waals surface area contributed by atoms with Crippen LogP contribution in [0.4, 0.5) is 0 Å². The Morgan fingerprint density at radius 3 is 1.37 bits per heavy atom. The van der Waals surface area contributed by atoms with Crippen molar-refractivity contribution in [3.05, 3.63) is 23.3 Å². The first kappa shape index (κ1) is 36.0. The van der Waals surface area contributed by atoms with E-state index in [9.17, 15) is 29.4 Å². The van der Waals surface area contributed by atoms with Crippen molar-refractivity contribution >= 4 is 23.1 Å². The van der Waals surface area contributed by atoms with Gasteiger partial charge >= 0.3 is 0 Å². The second-order valence-corrected chi connectivity index (χ2v) is 19.2. The molecule has 6 saturated carbocycles. The second kappa shape index (κ2) is 12.3. The fourth-order valence-electron chi connectivity index (χ4n) is 15.2. The van der Waals surface area contributed by atoms with Crippen LogP contribution in [0.3, 0.4) is 0 Å². The van der Waals surface area contributed by atoms with Gasteiger partial charge in [-0.1, -0.05) is 38.8 Å². The van der Waals surface area contributed by atoms with Crippen molar-refractivity contribution in [2.75, 3.05) is 20.0 Å². The number of hydrogen-bond acceptors (Lipinski definition) is 8. The topological polar surface area (TPSA) is 127 Å². The molecule has 0 heterocycles. The Labute approximate surface area is 303 Å². The van der Waals surface area contributed by atoms with E-state index in [1.54, 1.807) is 0 Å². The number of ketones is 4. The van der Waals surface area contributed by atoms with Gasteiger partial charge in [-0.05, 0) is 148 Å². The molecule has 0 radical (unpaired) electrons. The summed E-state index contributed by atoms with van der Waals surface area (Å²) in [5.41, 5.74) is -0.745. The highest BCUT2D eigenvalue weighted by Gasteiger charge is 2.70. The summed E-state index contributed by atoms with van der Waals surface area (Å²) in [6, 6.07) is 0. The van der Waals surface area contributed by atoms with E-state index in [1.165, 1.54) is 11.1 Å². The average Bonchev–Trinajstić information content (AvgIpc) is 3.59. The first-order valence-electron chi connectivity index (χ1n) is 20.3. The number of fused-ring (bicyclic) bond motifs is 10. The molecule has 0 aromatic rings. The molecule has 0 spiro atoms. The molecule has 8 aliphatic rings. The standard InChI is InChI=1S/C43H60O8/c1-38-15-9-28(46)21-26(38)5-7-30-32(38)11-17-40(3)34(30)13-19-42(40,36(48)23-44)50-25-51-43(37(49)24-45)20-14-35-31-8-6-27-22-29(47)10-16-39(27,2)33(31)12-18-41(35,43)4/h21-22,30-35,44-45H,5-20,23-25H2,1-4H3. The van der Waals surface area contributed by atoms with Gasteiger partial charge in [-0.3, -0.25) is 19.2 Å². The molecule has 6 fully saturated rings. The van der Waals surface area contributed by atoms with Gasteiger partial charge in [-0.15, -0.1) is 0 Å². The molecule has 51 heavy (non-hydrogen) atoms. The number of rotatable bonds is 8. The van der Waals surface area contributed by atoms with Crippen LogP contribution in [-0.4, -0.2) is 64.6 Å². The van der Waals surface area contributed by atoms with Gasteiger partial charge < -0.3 is 19.7 Å². The normalized spacial score (nSPS) is 48.7. The van der Waals surface area contributed by atoms with Gasteiger partial charge in [0.2, 0.25) is 0 Å². The summed E-state index contributed by atoms with van der Waals surface area (Å²) in [7, 11) is 0. The molecule has 0 amide bonds. The average molecular weight is 705 g/mol. The zero-order chi connectivity index (χ0) is 36.2. The third-order valence-electron chi connectivity index (χ3n) is 18.0. The van der Waals surface area contributed by atoms with Crippen molar-refractivity contribution in [2.24, 2.45) is 57.2 Å². The highest BCUT2D eigenvalue weighted by atomic mass is 16.7. The second-order valence-electron chi connectivity index (χ2n) is 19.2. The lowest BCUT2D eigenvalue weighted by Gasteiger charge is -2.60. The van der Waals surface area contributed by atoms with Crippen molar-refractivity contribution in [2.45, 2.75) is 142 Å². The summed E-state index contributed by atoms with van der Waals surface area (Å²) >= 11 is 0. The number of Topliss-reactive ketones (excluding diaryl/α,β-unsaturated/α-hetero) is 2. The molecule has 8 rings (SSSR count). The van der Waals surface area contributed by atoms with Crippen LogP contribution in [0, 0.1) is 57.2 Å². The number of carbonyl (C=O) groups is 4. The number of hydrogen-bond donors (Lipinski definition) is 2. The summed E-state index contributed by atoms with van der Waals surface area (Å²) < 4.78 is 13.6. The molecule has 280 valence electrons. The zero-order valence-electron chi connectivity index (χ0n) is 31.4. The van der Waals surface area contributed by atoms with Crippen LogP contribution in [0.1, 0.15) is 130 Å². The maximum absolute atomic E-state index is 14.0. The molecule has 12 atom stereocenters. The lowest BCUT2D eigenvalue weighted by atomic mass is 9.46. The van der Waals surface area contributed by atoms with Crippen molar-refractivity contribution in [1.82, 2.24) is 0 Å². The van der Waals surface area contributed by atoms with E-state index in [4.69, 9.17) is 9.47 Å². The van der Waals surface area contributed by atoms with E-state index >= 15 is 0 Å². The third kappa shape index (κ3) is 4.76. The van der Waals surface area contributed by atoms with Crippen LogP contribution in [0.5, 0.6) is 0 Å². The molecule has 0 aromatic carbocycles. The van der Waals surface area contributed by atoms with E-state index < -0.39 is 35.2 Å². The van der Waals surface area contributed by atoms with Gasteiger partial charge in [0.15, 0.2) is 23.1 Å². The van der Waals surface area contributed by atoms with Gasteiger partial charge in [0.05, 0.1) is 0 Å². The highest BCUT2D eigenvalue weighted by Crippen LogP contribution is 2.70. The Bertz CT molecular complexity index is 1460. The fourth-order valence-corrected chi connectivity index (χ4v) is 15.2. The summed E-state index contributed by atoms with van der Waals surface area (Å²) in [5, 5.41) is 20.8. The molecule has 0 saturated heterocycles. The summed E-state index contributed by atoms with van der Waals surface area (Å²) in [4.78, 5) is 52.7. The molecule has 8 aliphatic carbocycles. The van der Waals surface area contributed by atoms with Crippen LogP contribution in [0.25, 0.3) is 0 Å².